The van der Waals surface area contributed by atoms with E-state index in [-0.39, 0.29) is 0 Å². The van der Waals surface area contributed by atoms with E-state index in [1.165, 1.54) is 81.5 Å². The van der Waals surface area contributed by atoms with Gasteiger partial charge in [0.05, 0.1) is 32.5 Å². The molecule has 0 radical (unpaired) electrons. The Kier molecular flexibility index (Phi) is 96.9. The van der Waals surface area contributed by atoms with E-state index in [2.05, 4.69) is 145 Å². The van der Waals surface area contributed by atoms with Gasteiger partial charge in [-0.15, -0.1) is 0 Å². The first-order valence-corrected chi connectivity index (χ1v) is 29.5. The highest BCUT2D eigenvalue weighted by Crippen LogP contribution is 2.11. The summed E-state index contributed by atoms with van der Waals surface area (Å²) in [7, 11) is 10.7. The van der Waals surface area contributed by atoms with Crippen molar-refractivity contribution in [2.45, 2.75) is 205 Å². The van der Waals surface area contributed by atoms with Crippen molar-refractivity contribution < 1.29 is 28.4 Å². The van der Waals surface area contributed by atoms with Crippen LogP contribution in [0.5, 0.6) is 0 Å². The number of likely N-dealkylation sites (N-methyl/N-ethyl adjacent to an activating group) is 1. The predicted octanol–water partition coefficient (Wildman–Crippen LogP) is 15.3. The fourth-order valence-electron chi connectivity index (χ4n) is 4.32. The number of thioether (sulfide) groups is 3. The van der Waals surface area contributed by atoms with Crippen molar-refractivity contribution in [3.8, 4) is 0 Å². The molecule has 0 aliphatic heterocycles. The molecular formula is C54H126N2O6S3. The lowest BCUT2D eigenvalue weighted by Crippen LogP contribution is -2.29. The highest BCUT2D eigenvalue weighted by molar-refractivity contribution is 7.99. The maximum absolute atomic E-state index is 5.16. The number of hydrogen-bond acceptors (Lipinski definition) is 11. The van der Waals surface area contributed by atoms with Crippen LogP contribution in [-0.2, 0) is 28.4 Å². The van der Waals surface area contributed by atoms with Crippen LogP contribution >= 0.6 is 35.3 Å². The van der Waals surface area contributed by atoms with Gasteiger partial charge in [-0.2, -0.15) is 35.3 Å². The van der Waals surface area contributed by atoms with Gasteiger partial charge in [0, 0.05) is 73.9 Å². The van der Waals surface area contributed by atoms with Gasteiger partial charge in [-0.05, 0) is 138 Å². The molecule has 406 valence electrons. The molecule has 0 aliphatic carbocycles. The fraction of sp³-hybridized carbons (Fsp3) is 1.00. The minimum absolute atomic E-state index is 0.324. The first kappa shape index (κ1) is 82.6. The molecule has 0 unspecified atom stereocenters. The molecule has 11 heteroatoms. The lowest BCUT2D eigenvalue weighted by Gasteiger charge is -2.19. The number of unbranched alkanes of at least 4 members (excludes halogenated alkanes) is 1. The van der Waals surface area contributed by atoms with E-state index in [0.717, 1.165) is 68.4 Å². The highest BCUT2D eigenvalue weighted by atomic mass is 32.2. The Morgan fingerprint density at radius 1 is 0.462 bits per heavy atom. The van der Waals surface area contributed by atoms with Gasteiger partial charge in [-0.3, -0.25) is 0 Å². The Morgan fingerprint density at radius 3 is 1.12 bits per heavy atom. The van der Waals surface area contributed by atoms with Crippen LogP contribution in [0.4, 0.5) is 0 Å². The molecular weight excluding hydrogens is 869 g/mol. The summed E-state index contributed by atoms with van der Waals surface area (Å²) in [5.41, 5.74) is 0. The van der Waals surface area contributed by atoms with Crippen LogP contribution in [0.3, 0.4) is 0 Å². The predicted molar refractivity (Wildman–Crippen MR) is 307 cm³/mol. The largest absolute Gasteiger partial charge is 0.385 e. The van der Waals surface area contributed by atoms with E-state index >= 15 is 0 Å². The van der Waals surface area contributed by atoms with E-state index in [4.69, 9.17) is 28.4 Å². The van der Waals surface area contributed by atoms with Crippen LogP contribution in [-0.4, -0.2) is 153 Å². The Bertz CT molecular complexity index is 584. The van der Waals surface area contributed by atoms with E-state index in [9.17, 15) is 0 Å². The van der Waals surface area contributed by atoms with Gasteiger partial charge >= 0.3 is 0 Å². The topological polar surface area (TPSA) is 70.7 Å². The van der Waals surface area contributed by atoms with Crippen molar-refractivity contribution in [3.05, 3.63) is 0 Å². The SMILES string of the molecule is CCCCSC(C)C.COCCCC(C)C.COCCCC(C)C.COCCN(C)C(C)C.COCCNC(C)C.COCCOC(C)C.CSCCCC(C)C.CSCCCC(C)C. The number of rotatable bonds is 32. The molecule has 0 amide bonds. The summed E-state index contributed by atoms with van der Waals surface area (Å²) in [6.45, 7) is 44.2. The molecule has 1 N–H and O–H groups in total. The van der Waals surface area contributed by atoms with Crippen molar-refractivity contribution in [1.29, 1.82) is 0 Å². The second-order valence-corrected chi connectivity index (χ2v) is 22.6. The molecule has 0 heterocycles. The lowest BCUT2D eigenvalue weighted by molar-refractivity contribution is 0.0351. The molecule has 65 heavy (non-hydrogen) atoms. The average Bonchev–Trinajstić information content (AvgIpc) is 3.21. The van der Waals surface area contributed by atoms with E-state index in [0.29, 0.717) is 31.4 Å². The third-order valence-corrected chi connectivity index (χ3v) is 11.2. The van der Waals surface area contributed by atoms with Crippen LogP contribution in [0, 0.1) is 23.7 Å². The first-order chi connectivity index (χ1) is 30.6. The molecule has 0 aromatic heterocycles. The molecule has 0 saturated heterocycles. The molecule has 8 nitrogen and oxygen atoms in total. The number of methoxy groups -OCH3 is 5. The van der Waals surface area contributed by atoms with Crippen LogP contribution in [0.1, 0.15) is 182 Å². The third-order valence-electron chi connectivity index (χ3n) is 8.60. The summed E-state index contributed by atoms with van der Waals surface area (Å²) in [5.74, 6) is 7.43. The minimum atomic E-state index is 0.324. The van der Waals surface area contributed by atoms with Crippen LogP contribution in [0.2, 0.25) is 0 Å². The Hall–Kier alpha value is 0.730. The number of ether oxygens (including phenoxy) is 6. The molecule has 0 saturated carbocycles. The maximum Gasteiger partial charge on any atom is 0.0703 e. The van der Waals surface area contributed by atoms with Crippen molar-refractivity contribution in [3.63, 3.8) is 0 Å². The van der Waals surface area contributed by atoms with Crippen molar-refractivity contribution in [1.82, 2.24) is 10.2 Å². The smallest absolute Gasteiger partial charge is 0.0703 e. The van der Waals surface area contributed by atoms with E-state index in [1.54, 1.807) is 35.5 Å². The summed E-state index contributed by atoms with van der Waals surface area (Å²) in [5, 5.41) is 4.04. The second kappa shape index (κ2) is 76.2. The Balaban J connectivity index is -0.0000000952. The summed E-state index contributed by atoms with van der Waals surface area (Å²) in [6.07, 6.45) is 17.9. The standard InChI is InChI=1S/C7H17NO.2C7H16O.3C7H16S.C6H15NO.C6H14O2/c1-7(2)8(3)5-6-9-4;4*1-7(2)5-4-6-8-3;1-4-5-6-8-7(2)3;1-6(2)7-4-5-8-3;1-6(2)8-5-4-7-3/h7H,5-6H2,1-4H3;5*7H,4-6H2,1-3H3;6-7H,4-5H2,1-3H3;6H,4-5H2,1-3H3. The molecule has 0 aromatic rings. The van der Waals surface area contributed by atoms with Crippen LogP contribution in [0.25, 0.3) is 0 Å². The van der Waals surface area contributed by atoms with Crippen molar-refractivity contribution in [2.75, 3.05) is 125 Å². The van der Waals surface area contributed by atoms with Gasteiger partial charge in [0.2, 0.25) is 0 Å². The van der Waals surface area contributed by atoms with Crippen molar-refractivity contribution in [2.24, 2.45) is 23.7 Å². The zero-order chi connectivity index (χ0) is 52.1. The van der Waals surface area contributed by atoms with E-state index in [1.807, 2.05) is 37.4 Å². The van der Waals surface area contributed by atoms with Crippen LogP contribution in [0.15, 0.2) is 0 Å². The number of nitrogens with one attached hydrogen (secondary N) is 1. The van der Waals surface area contributed by atoms with Gasteiger partial charge in [0.15, 0.2) is 0 Å². The minimum Gasteiger partial charge on any atom is -0.385 e. The van der Waals surface area contributed by atoms with Crippen molar-refractivity contribution >= 4 is 35.3 Å². The summed E-state index contributed by atoms with van der Waals surface area (Å²) in [6, 6.07) is 1.20. The monoisotopic (exact) mass is 995 g/mol. The van der Waals surface area contributed by atoms with Gasteiger partial charge in [-0.25, -0.2) is 0 Å². The molecule has 0 bridgehead atoms. The average molecular weight is 996 g/mol. The van der Waals surface area contributed by atoms with Gasteiger partial charge < -0.3 is 38.6 Å². The fourth-order valence-corrected chi connectivity index (χ4v) is 6.15. The summed E-state index contributed by atoms with van der Waals surface area (Å²) < 4.78 is 29.5. The zero-order valence-corrected chi connectivity index (χ0v) is 51.5. The second-order valence-electron chi connectivity index (χ2n) is 19.0. The molecule has 0 rings (SSSR count). The maximum atomic E-state index is 5.16. The molecule has 0 spiro atoms. The lowest BCUT2D eigenvalue weighted by atomic mass is 10.1. The molecule has 0 atom stereocenters. The number of hydrogen-bond donors (Lipinski definition) is 1. The summed E-state index contributed by atoms with van der Waals surface area (Å²) in [4.78, 5) is 2.25. The Labute approximate surface area is 425 Å². The van der Waals surface area contributed by atoms with E-state index < -0.39 is 0 Å². The highest BCUT2D eigenvalue weighted by Gasteiger charge is 2.00. The Morgan fingerprint density at radius 2 is 0.846 bits per heavy atom. The molecule has 0 fully saturated rings. The van der Waals surface area contributed by atoms with Crippen LogP contribution < -0.4 is 5.32 Å². The van der Waals surface area contributed by atoms with Gasteiger partial charge in [0.25, 0.3) is 0 Å². The van der Waals surface area contributed by atoms with Gasteiger partial charge in [0.1, 0.15) is 0 Å². The first-order valence-electron chi connectivity index (χ1n) is 25.7. The van der Waals surface area contributed by atoms with Gasteiger partial charge in [-0.1, -0.05) is 109 Å². The summed E-state index contributed by atoms with van der Waals surface area (Å²) >= 11 is 5.94. The quantitative estimate of drug-likeness (QED) is 0.0655. The molecule has 0 aromatic carbocycles. The third kappa shape index (κ3) is 133. The zero-order valence-electron chi connectivity index (χ0n) is 49.1. The number of nitrogens with zero attached hydrogens (tertiary/aromatic N) is 1. The molecule has 0 aliphatic rings. The normalized spacial score (nSPS) is 10.6.